The van der Waals surface area contributed by atoms with E-state index in [0.717, 1.165) is 31.7 Å². The van der Waals surface area contributed by atoms with E-state index < -0.39 is 0 Å². The molecule has 1 fully saturated rings. The van der Waals surface area contributed by atoms with Crippen LogP contribution in [0.25, 0.3) is 0 Å². The summed E-state index contributed by atoms with van der Waals surface area (Å²) in [4.78, 5) is 18.8. The Hall–Kier alpha value is -1.62. The highest BCUT2D eigenvalue weighted by Gasteiger charge is 2.28. The van der Waals surface area contributed by atoms with Crippen LogP contribution in [0.1, 0.15) is 44.0 Å². The van der Waals surface area contributed by atoms with Crippen LogP contribution in [0.4, 0.5) is 5.82 Å². The predicted molar refractivity (Wildman–Crippen MR) is 78.8 cm³/mol. The number of ether oxygens (including phenoxy) is 1. The summed E-state index contributed by atoms with van der Waals surface area (Å²) in [6, 6.07) is 3.56. The van der Waals surface area contributed by atoms with Crippen molar-refractivity contribution in [2.75, 3.05) is 18.0 Å². The maximum atomic E-state index is 12.2. The van der Waals surface area contributed by atoms with Gasteiger partial charge >= 0.3 is 5.97 Å². The van der Waals surface area contributed by atoms with Gasteiger partial charge in [-0.1, -0.05) is 6.92 Å². The third-order valence-electron chi connectivity index (χ3n) is 3.31. The lowest BCUT2D eigenvalue weighted by molar-refractivity contribution is 0.0378. The van der Waals surface area contributed by atoms with E-state index in [1.165, 1.54) is 0 Å². The fourth-order valence-corrected chi connectivity index (χ4v) is 2.53. The van der Waals surface area contributed by atoms with Crippen LogP contribution in [-0.2, 0) is 4.74 Å². The van der Waals surface area contributed by atoms with E-state index in [1.807, 2.05) is 13.8 Å². The molecule has 1 aromatic heterocycles. The van der Waals surface area contributed by atoms with Crippen molar-refractivity contribution >= 4 is 11.8 Å². The van der Waals surface area contributed by atoms with E-state index >= 15 is 0 Å². The highest BCUT2D eigenvalue weighted by molar-refractivity contribution is 5.95. The molecule has 0 aliphatic carbocycles. The van der Waals surface area contributed by atoms with Crippen molar-refractivity contribution in [3.8, 4) is 0 Å². The maximum absolute atomic E-state index is 12.2. The van der Waals surface area contributed by atoms with Crippen LogP contribution in [-0.4, -0.2) is 36.3 Å². The smallest absolute Gasteiger partial charge is 0.342 e. The minimum absolute atomic E-state index is 0.126. The fourth-order valence-electron chi connectivity index (χ4n) is 2.53. The van der Waals surface area contributed by atoms with Crippen molar-refractivity contribution in [3.05, 3.63) is 23.9 Å². The maximum Gasteiger partial charge on any atom is 0.342 e. The van der Waals surface area contributed by atoms with Crippen LogP contribution >= 0.6 is 0 Å². The zero-order valence-electron chi connectivity index (χ0n) is 12.4. The van der Waals surface area contributed by atoms with Gasteiger partial charge in [0.1, 0.15) is 11.4 Å². The van der Waals surface area contributed by atoms with Crippen LogP contribution in [0.5, 0.6) is 0 Å². The summed E-state index contributed by atoms with van der Waals surface area (Å²) in [6.45, 7) is 7.61. The molecule has 5 nitrogen and oxygen atoms in total. The summed E-state index contributed by atoms with van der Waals surface area (Å²) in [5.41, 5.74) is 0.547. The molecule has 0 radical (unpaired) electrons. The molecule has 1 N–H and O–H groups in total. The summed E-state index contributed by atoms with van der Waals surface area (Å²) in [5, 5.41) is 3.43. The second-order valence-electron chi connectivity index (χ2n) is 5.24. The molecule has 1 aliphatic rings. The average molecular weight is 277 g/mol. The quantitative estimate of drug-likeness (QED) is 0.836. The van der Waals surface area contributed by atoms with Crippen molar-refractivity contribution < 1.29 is 9.53 Å². The van der Waals surface area contributed by atoms with Crippen molar-refractivity contribution in [2.24, 2.45) is 0 Å². The minimum Gasteiger partial charge on any atom is -0.459 e. The van der Waals surface area contributed by atoms with Gasteiger partial charge in [0, 0.05) is 12.7 Å². The average Bonchev–Trinajstić information content (AvgIpc) is 2.86. The highest BCUT2D eigenvalue weighted by atomic mass is 16.5. The molecule has 0 bridgehead atoms. The Morgan fingerprint density at radius 1 is 1.60 bits per heavy atom. The number of rotatable bonds is 5. The molecule has 2 heterocycles. The minimum atomic E-state index is -0.301. The Kier molecular flexibility index (Phi) is 4.95. The molecule has 110 valence electrons. The van der Waals surface area contributed by atoms with Gasteiger partial charge in [-0.05, 0) is 45.4 Å². The van der Waals surface area contributed by atoms with Crippen LogP contribution in [0.2, 0.25) is 0 Å². The van der Waals surface area contributed by atoms with Crippen LogP contribution in [0, 0.1) is 0 Å². The molecule has 2 rings (SSSR count). The molecular formula is C15H23N3O2. The number of anilines is 1. The Labute approximate surface area is 120 Å². The number of nitrogens with one attached hydrogen (secondary N) is 1. The van der Waals surface area contributed by atoms with E-state index in [2.05, 4.69) is 22.1 Å². The lowest BCUT2D eigenvalue weighted by Crippen LogP contribution is -2.42. The summed E-state index contributed by atoms with van der Waals surface area (Å²) < 4.78 is 5.31. The largest absolute Gasteiger partial charge is 0.459 e. The Bertz CT molecular complexity index is 462. The molecule has 1 aliphatic heterocycles. The topological polar surface area (TPSA) is 54.5 Å². The standard InChI is InChI=1S/C15H23N3O2/c1-4-16-13-8-6-10-18(13)14-12(7-5-9-17-14)15(19)20-11(2)3/h5,7,9,11,13,16H,4,6,8,10H2,1-3H3. The van der Waals surface area contributed by atoms with Gasteiger partial charge in [-0.25, -0.2) is 9.78 Å². The summed E-state index contributed by atoms with van der Waals surface area (Å²) in [5.74, 6) is 0.423. The number of pyridine rings is 1. The number of hydrogen-bond acceptors (Lipinski definition) is 5. The Morgan fingerprint density at radius 3 is 3.10 bits per heavy atom. The SMILES string of the molecule is CCNC1CCCN1c1ncccc1C(=O)OC(C)C. The molecule has 1 aromatic rings. The molecule has 0 aromatic carbocycles. The fraction of sp³-hybridized carbons (Fsp3) is 0.600. The predicted octanol–water partition coefficient (Wildman–Crippen LogP) is 2.18. The number of aromatic nitrogens is 1. The lowest BCUT2D eigenvalue weighted by Gasteiger charge is -2.27. The van der Waals surface area contributed by atoms with Crippen LogP contribution in [0.3, 0.4) is 0 Å². The van der Waals surface area contributed by atoms with E-state index in [0.29, 0.717) is 5.56 Å². The van der Waals surface area contributed by atoms with E-state index in [1.54, 1.807) is 18.3 Å². The summed E-state index contributed by atoms with van der Waals surface area (Å²) >= 11 is 0. The number of hydrogen-bond donors (Lipinski definition) is 1. The van der Waals surface area contributed by atoms with Crippen molar-refractivity contribution in [2.45, 2.75) is 45.9 Å². The molecule has 0 saturated carbocycles. The van der Waals surface area contributed by atoms with E-state index in [4.69, 9.17) is 4.74 Å². The van der Waals surface area contributed by atoms with Gasteiger partial charge in [-0.3, -0.25) is 5.32 Å². The number of carbonyl (C=O) groups is 1. The van der Waals surface area contributed by atoms with Crippen LogP contribution < -0.4 is 10.2 Å². The highest BCUT2D eigenvalue weighted by Crippen LogP contribution is 2.26. The Morgan fingerprint density at radius 2 is 2.40 bits per heavy atom. The van der Waals surface area contributed by atoms with Gasteiger partial charge in [0.2, 0.25) is 0 Å². The van der Waals surface area contributed by atoms with Gasteiger partial charge in [-0.2, -0.15) is 0 Å². The molecule has 20 heavy (non-hydrogen) atoms. The third-order valence-corrected chi connectivity index (χ3v) is 3.31. The zero-order chi connectivity index (χ0) is 14.5. The van der Waals surface area contributed by atoms with Gasteiger partial charge in [0.25, 0.3) is 0 Å². The molecule has 0 spiro atoms. The van der Waals surface area contributed by atoms with Gasteiger partial charge < -0.3 is 9.64 Å². The first-order valence-electron chi connectivity index (χ1n) is 7.29. The molecule has 5 heteroatoms. The molecule has 1 unspecified atom stereocenters. The van der Waals surface area contributed by atoms with Gasteiger partial charge in [0.05, 0.1) is 12.3 Å². The van der Waals surface area contributed by atoms with Crippen molar-refractivity contribution in [1.29, 1.82) is 0 Å². The van der Waals surface area contributed by atoms with E-state index in [9.17, 15) is 4.79 Å². The first-order valence-corrected chi connectivity index (χ1v) is 7.29. The van der Waals surface area contributed by atoms with Crippen molar-refractivity contribution in [3.63, 3.8) is 0 Å². The normalized spacial score (nSPS) is 18.6. The van der Waals surface area contributed by atoms with Gasteiger partial charge in [0.15, 0.2) is 0 Å². The number of carbonyl (C=O) groups excluding carboxylic acids is 1. The summed E-state index contributed by atoms with van der Waals surface area (Å²) in [7, 11) is 0. The zero-order valence-corrected chi connectivity index (χ0v) is 12.4. The first-order chi connectivity index (χ1) is 9.63. The van der Waals surface area contributed by atoms with Crippen molar-refractivity contribution in [1.82, 2.24) is 10.3 Å². The molecule has 1 atom stereocenters. The Balaban J connectivity index is 2.25. The summed E-state index contributed by atoms with van der Waals surface area (Å²) in [6.07, 6.45) is 4.03. The second-order valence-corrected chi connectivity index (χ2v) is 5.24. The first kappa shape index (κ1) is 14.8. The second kappa shape index (κ2) is 6.70. The molecule has 1 saturated heterocycles. The lowest BCUT2D eigenvalue weighted by atomic mass is 10.2. The van der Waals surface area contributed by atoms with E-state index in [-0.39, 0.29) is 18.2 Å². The third kappa shape index (κ3) is 3.28. The number of nitrogens with zero attached hydrogens (tertiary/aromatic N) is 2. The van der Waals surface area contributed by atoms with Gasteiger partial charge in [-0.15, -0.1) is 0 Å². The van der Waals surface area contributed by atoms with Crippen LogP contribution in [0.15, 0.2) is 18.3 Å². The molecule has 0 amide bonds. The monoisotopic (exact) mass is 277 g/mol. The number of esters is 1. The molecular weight excluding hydrogens is 254 g/mol.